The molecule has 128 valence electrons. The molecule has 0 bridgehead atoms. The summed E-state index contributed by atoms with van der Waals surface area (Å²) in [7, 11) is 1.72. The number of nitrogens with one attached hydrogen (secondary N) is 1. The van der Waals surface area contributed by atoms with E-state index in [1.807, 2.05) is 6.07 Å². The Hall–Kier alpha value is -1.31. The van der Waals surface area contributed by atoms with Crippen LogP contribution in [0.4, 0.5) is 0 Å². The lowest BCUT2D eigenvalue weighted by molar-refractivity contribution is -0.119. The van der Waals surface area contributed by atoms with Gasteiger partial charge in [0, 0.05) is 38.0 Å². The van der Waals surface area contributed by atoms with Crippen molar-refractivity contribution in [2.75, 3.05) is 26.7 Å². The van der Waals surface area contributed by atoms with E-state index in [9.17, 15) is 9.90 Å². The molecule has 1 aromatic heterocycles. The minimum atomic E-state index is -0.629. The molecule has 8 heteroatoms. The van der Waals surface area contributed by atoms with Crippen LogP contribution in [-0.4, -0.2) is 48.6 Å². The van der Waals surface area contributed by atoms with Crippen LogP contribution in [0.1, 0.15) is 30.2 Å². The number of guanidine groups is 1. The molecular formula is C15H23ClN4O2S. The van der Waals surface area contributed by atoms with Gasteiger partial charge in [-0.25, -0.2) is 0 Å². The summed E-state index contributed by atoms with van der Waals surface area (Å²) in [5, 5.41) is 13.4. The largest absolute Gasteiger partial charge is 0.386 e. The Bertz CT molecular complexity index is 563. The first-order valence-electron chi connectivity index (χ1n) is 7.66. The predicted octanol–water partition coefficient (Wildman–Crippen LogP) is 1.60. The van der Waals surface area contributed by atoms with Crippen molar-refractivity contribution in [1.82, 2.24) is 10.2 Å². The van der Waals surface area contributed by atoms with Crippen LogP contribution in [0.2, 0.25) is 4.34 Å². The standard InChI is InChI=1S/C15H23ClN4O2S/c1-18-15(19-8-11(21)12-4-5-13(16)23-12)20-6-2-3-10(9-20)7-14(17)22/h4-5,10-11,21H,2-3,6-9H2,1H3,(H2,17,22)(H,18,19). The van der Waals surface area contributed by atoms with E-state index < -0.39 is 6.10 Å². The van der Waals surface area contributed by atoms with Gasteiger partial charge in [0.05, 0.1) is 4.34 Å². The summed E-state index contributed by atoms with van der Waals surface area (Å²) in [5.74, 6) is 0.742. The lowest BCUT2D eigenvalue weighted by atomic mass is 9.95. The second-order valence-electron chi connectivity index (χ2n) is 5.71. The molecule has 2 atom stereocenters. The first kappa shape index (κ1) is 18.0. The molecule has 1 saturated heterocycles. The molecule has 4 N–H and O–H groups in total. The Balaban J connectivity index is 1.88. The number of aliphatic hydroxyl groups is 1. The fourth-order valence-electron chi connectivity index (χ4n) is 2.84. The molecule has 1 fully saturated rings. The predicted molar refractivity (Wildman–Crippen MR) is 93.8 cm³/mol. The number of aliphatic hydroxyl groups excluding tert-OH is 1. The third kappa shape index (κ3) is 5.37. The second kappa shape index (κ2) is 8.52. The number of piperidine rings is 1. The van der Waals surface area contributed by atoms with E-state index in [4.69, 9.17) is 17.3 Å². The average Bonchev–Trinajstić information content (AvgIpc) is 2.94. The van der Waals surface area contributed by atoms with E-state index in [0.717, 1.165) is 36.8 Å². The van der Waals surface area contributed by atoms with E-state index in [1.54, 1.807) is 13.1 Å². The van der Waals surface area contributed by atoms with Gasteiger partial charge in [0.1, 0.15) is 6.10 Å². The molecule has 0 aliphatic carbocycles. The molecule has 1 aliphatic heterocycles. The molecule has 2 unspecified atom stereocenters. The number of carbonyl (C=O) groups excluding carboxylic acids is 1. The molecule has 0 aromatic carbocycles. The number of rotatable bonds is 5. The second-order valence-corrected chi connectivity index (χ2v) is 7.46. The van der Waals surface area contributed by atoms with Gasteiger partial charge in [-0.2, -0.15) is 0 Å². The molecule has 0 saturated carbocycles. The summed E-state index contributed by atoms with van der Waals surface area (Å²) in [6.07, 6.45) is 1.79. The summed E-state index contributed by atoms with van der Waals surface area (Å²) >= 11 is 7.26. The smallest absolute Gasteiger partial charge is 0.217 e. The molecule has 1 aromatic rings. The van der Waals surface area contributed by atoms with Crippen molar-refractivity contribution in [1.29, 1.82) is 0 Å². The van der Waals surface area contributed by atoms with Crippen LogP contribution < -0.4 is 11.1 Å². The lowest BCUT2D eigenvalue weighted by Crippen LogP contribution is -2.48. The number of nitrogens with two attached hydrogens (primary N) is 1. The highest BCUT2D eigenvalue weighted by atomic mass is 35.5. The van der Waals surface area contributed by atoms with E-state index in [2.05, 4.69) is 15.2 Å². The van der Waals surface area contributed by atoms with Crippen molar-refractivity contribution in [2.45, 2.75) is 25.4 Å². The summed E-state index contributed by atoms with van der Waals surface area (Å²) in [6.45, 7) is 2.00. The highest BCUT2D eigenvalue weighted by Gasteiger charge is 2.24. The fraction of sp³-hybridized carbons (Fsp3) is 0.600. The monoisotopic (exact) mass is 358 g/mol. The number of halogens is 1. The third-order valence-corrected chi connectivity index (χ3v) is 5.23. The van der Waals surface area contributed by atoms with E-state index >= 15 is 0 Å². The highest BCUT2D eigenvalue weighted by molar-refractivity contribution is 7.16. The molecule has 0 spiro atoms. The van der Waals surface area contributed by atoms with Crippen molar-refractivity contribution in [3.8, 4) is 0 Å². The Kier molecular flexibility index (Phi) is 6.68. The number of hydrogen-bond donors (Lipinski definition) is 3. The van der Waals surface area contributed by atoms with Crippen molar-refractivity contribution < 1.29 is 9.90 Å². The van der Waals surface area contributed by atoms with Crippen LogP contribution >= 0.6 is 22.9 Å². The van der Waals surface area contributed by atoms with Crippen LogP contribution in [0.3, 0.4) is 0 Å². The van der Waals surface area contributed by atoms with Crippen molar-refractivity contribution >= 4 is 34.8 Å². The minimum Gasteiger partial charge on any atom is -0.386 e. The van der Waals surface area contributed by atoms with Gasteiger partial charge >= 0.3 is 0 Å². The molecule has 6 nitrogen and oxygen atoms in total. The van der Waals surface area contributed by atoms with E-state index in [0.29, 0.717) is 17.3 Å². The van der Waals surface area contributed by atoms with Crippen molar-refractivity contribution in [3.63, 3.8) is 0 Å². The molecule has 2 rings (SSSR count). The Labute approximate surface area is 145 Å². The maximum absolute atomic E-state index is 11.1. The van der Waals surface area contributed by atoms with Gasteiger partial charge in [0.15, 0.2) is 5.96 Å². The summed E-state index contributed by atoms with van der Waals surface area (Å²) in [4.78, 5) is 18.3. The van der Waals surface area contributed by atoms with Crippen LogP contribution in [0, 0.1) is 5.92 Å². The third-order valence-electron chi connectivity index (χ3n) is 3.90. The minimum absolute atomic E-state index is 0.259. The van der Waals surface area contributed by atoms with E-state index in [-0.39, 0.29) is 11.8 Å². The number of aliphatic imine (C=N–C) groups is 1. The van der Waals surface area contributed by atoms with Gasteiger partial charge in [-0.15, -0.1) is 11.3 Å². The van der Waals surface area contributed by atoms with E-state index in [1.165, 1.54) is 11.3 Å². The number of thiophene rings is 1. The van der Waals surface area contributed by atoms with Crippen LogP contribution in [0.25, 0.3) is 0 Å². The number of hydrogen-bond acceptors (Lipinski definition) is 4. The molecule has 23 heavy (non-hydrogen) atoms. The van der Waals surface area contributed by atoms with Crippen molar-refractivity contribution in [3.05, 3.63) is 21.3 Å². The Morgan fingerprint density at radius 3 is 3.04 bits per heavy atom. The maximum Gasteiger partial charge on any atom is 0.217 e. The van der Waals surface area contributed by atoms with Gasteiger partial charge in [-0.05, 0) is 30.9 Å². The summed E-state index contributed by atoms with van der Waals surface area (Å²) < 4.78 is 0.661. The number of primary amides is 1. The van der Waals surface area contributed by atoms with Gasteiger partial charge in [-0.3, -0.25) is 9.79 Å². The molecule has 0 radical (unpaired) electrons. The molecule has 1 amide bonds. The Morgan fingerprint density at radius 2 is 2.43 bits per heavy atom. The molecular weight excluding hydrogens is 336 g/mol. The Morgan fingerprint density at radius 1 is 1.65 bits per heavy atom. The number of likely N-dealkylation sites (tertiary alicyclic amines) is 1. The average molecular weight is 359 g/mol. The lowest BCUT2D eigenvalue weighted by Gasteiger charge is -2.34. The van der Waals surface area contributed by atoms with Gasteiger partial charge in [0.2, 0.25) is 5.91 Å². The fourth-order valence-corrected chi connectivity index (χ4v) is 3.88. The quantitative estimate of drug-likeness (QED) is 0.550. The zero-order valence-electron chi connectivity index (χ0n) is 13.2. The summed E-state index contributed by atoms with van der Waals surface area (Å²) in [5.41, 5.74) is 5.30. The topological polar surface area (TPSA) is 91.0 Å². The summed E-state index contributed by atoms with van der Waals surface area (Å²) in [6, 6.07) is 3.60. The highest BCUT2D eigenvalue weighted by Crippen LogP contribution is 2.26. The normalized spacial score (nSPS) is 20.4. The van der Waals surface area contributed by atoms with Crippen molar-refractivity contribution in [2.24, 2.45) is 16.6 Å². The maximum atomic E-state index is 11.1. The number of nitrogens with zero attached hydrogens (tertiary/aromatic N) is 2. The number of carbonyl (C=O) groups is 1. The first-order valence-corrected chi connectivity index (χ1v) is 8.86. The van der Waals surface area contributed by atoms with Gasteiger partial charge < -0.3 is 21.1 Å². The van der Waals surface area contributed by atoms with Gasteiger partial charge in [0.25, 0.3) is 0 Å². The molecule has 2 heterocycles. The van der Waals surface area contributed by atoms with Crippen LogP contribution in [0.15, 0.2) is 17.1 Å². The SMILES string of the molecule is CN=C(NCC(O)c1ccc(Cl)s1)N1CCCC(CC(N)=O)C1. The van der Waals surface area contributed by atoms with Gasteiger partial charge in [-0.1, -0.05) is 11.6 Å². The molecule has 1 aliphatic rings. The number of amides is 1. The van der Waals surface area contributed by atoms with Crippen LogP contribution in [0.5, 0.6) is 0 Å². The first-order chi connectivity index (χ1) is 11.0. The van der Waals surface area contributed by atoms with Crippen LogP contribution in [-0.2, 0) is 4.79 Å². The zero-order chi connectivity index (χ0) is 16.8. The zero-order valence-corrected chi connectivity index (χ0v) is 14.7.